The lowest BCUT2D eigenvalue weighted by Gasteiger charge is -2.67. The summed E-state index contributed by atoms with van der Waals surface area (Å²) in [5.41, 5.74) is 2.86. The third kappa shape index (κ3) is 1.67. The van der Waals surface area contributed by atoms with Gasteiger partial charge in [0.1, 0.15) is 0 Å². The van der Waals surface area contributed by atoms with E-state index in [0.29, 0.717) is 19.3 Å². The monoisotopic (exact) mass is 322 g/mol. The van der Waals surface area contributed by atoms with Gasteiger partial charge in [0.05, 0.1) is 16.5 Å². The zero-order chi connectivity index (χ0) is 16.5. The Hall–Kier alpha value is -2.43. The van der Waals surface area contributed by atoms with Crippen LogP contribution in [0, 0.1) is 5.41 Å². The fourth-order valence-electron chi connectivity index (χ4n) is 4.92. The molecule has 122 valence electrons. The number of benzene rings is 1. The summed E-state index contributed by atoms with van der Waals surface area (Å²) in [6, 6.07) is 7.78. The Balaban J connectivity index is 1.51. The molecule has 2 aromatic rings. The quantitative estimate of drug-likeness (QED) is 0.910. The molecule has 2 bridgehead atoms. The minimum Gasteiger partial charge on any atom is -0.481 e. The van der Waals surface area contributed by atoms with Crippen molar-refractivity contribution in [2.45, 2.75) is 44.1 Å². The molecule has 0 aliphatic heterocycles. The van der Waals surface area contributed by atoms with E-state index in [1.165, 1.54) is 0 Å². The zero-order valence-electron chi connectivity index (χ0n) is 13.3. The van der Waals surface area contributed by atoms with Crippen molar-refractivity contribution in [2.75, 3.05) is 0 Å². The van der Waals surface area contributed by atoms with Crippen LogP contribution in [0.4, 0.5) is 0 Å². The maximum absolute atomic E-state index is 13.0. The molecule has 6 rings (SSSR count). The maximum atomic E-state index is 13.0. The fourth-order valence-corrected chi connectivity index (χ4v) is 4.92. The van der Waals surface area contributed by atoms with Crippen molar-refractivity contribution < 1.29 is 14.7 Å². The van der Waals surface area contributed by atoms with E-state index in [9.17, 15) is 14.7 Å². The number of carbonyl (C=O) groups is 2. The minimum atomic E-state index is -0.728. The minimum absolute atomic E-state index is 0.0644. The van der Waals surface area contributed by atoms with Gasteiger partial charge in [0.15, 0.2) is 0 Å². The zero-order valence-corrected chi connectivity index (χ0v) is 13.3. The molecule has 3 saturated carbocycles. The predicted molar refractivity (Wildman–Crippen MR) is 87.9 cm³/mol. The Kier molecular flexibility index (Phi) is 2.53. The summed E-state index contributed by atoms with van der Waals surface area (Å²) in [4.78, 5) is 29.0. The number of aliphatic carboxylic acids is 1. The van der Waals surface area contributed by atoms with Crippen LogP contribution < -0.4 is 5.32 Å². The number of aryl methyl sites for hydroxylation is 1. The van der Waals surface area contributed by atoms with Crippen LogP contribution in [0.3, 0.4) is 0 Å². The lowest BCUT2D eigenvalue weighted by molar-refractivity contribution is -0.196. The van der Waals surface area contributed by atoms with E-state index in [-0.39, 0.29) is 11.4 Å². The number of fused-ring (bicyclic) bond motifs is 2. The second kappa shape index (κ2) is 4.35. The van der Waals surface area contributed by atoms with Crippen molar-refractivity contribution in [3.8, 4) is 0 Å². The van der Waals surface area contributed by atoms with Crippen LogP contribution in [0.1, 0.15) is 47.3 Å². The second-order valence-corrected chi connectivity index (χ2v) is 7.63. The number of nitrogens with zero attached hydrogens (tertiary/aromatic N) is 1. The highest BCUT2D eigenvalue weighted by molar-refractivity contribution is 6.08. The molecular weight excluding hydrogens is 304 g/mol. The van der Waals surface area contributed by atoms with Crippen LogP contribution in [0.15, 0.2) is 24.3 Å². The molecule has 4 aliphatic carbocycles. The van der Waals surface area contributed by atoms with Gasteiger partial charge in [0.2, 0.25) is 0 Å². The molecule has 0 saturated heterocycles. The third-order valence-electron chi connectivity index (χ3n) is 6.01. The first-order valence-corrected chi connectivity index (χ1v) is 8.48. The molecular formula is C19H18N2O3. The standard InChI is InChI=1S/C19H18N2O3/c22-16(21-19-8-18(9-19,10-19)17(23)24)15-11-4-1-2-6-13(11)20-14-7-3-5-12(14)15/h1-2,4,6H,3,5,7-10H2,(H,21,22)(H,23,24). The highest BCUT2D eigenvalue weighted by atomic mass is 16.4. The van der Waals surface area contributed by atoms with Gasteiger partial charge in [-0.05, 0) is 50.2 Å². The molecule has 1 amide bonds. The number of carbonyl (C=O) groups excluding carboxylic acids is 1. The van der Waals surface area contributed by atoms with Gasteiger partial charge in [-0.2, -0.15) is 0 Å². The van der Waals surface area contributed by atoms with Crippen LogP contribution in [-0.2, 0) is 17.6 Å². The lowest BCUT2D eigenvalue weighted by Crippen LogP contribution is -2.77. The molecule has 4 aliphatic rings. The summed E-state index contributed by atoms with van der Waals surface area (Å²) in [6.07, 6.45) is 4.53. The molecule has 1 aromatic heterocycles. The summed E-state index contributed by atoms with van der Waals surface area (Å²) in [7, 11) is 0. The number of para-hydroxylation sites is 1. The van der Waals surface area contributed by atoms with Crippen LogP contribution in [0.25, 0.3) is 10.9 Å². The van der Waals surface area contributed by atoms with Crippen molar-refractivity contribution in [3.05, 3.63) is 41.1 Å². The average molecular weight is 322 g/mol. The second-order valence-electron chi connectivity index (χ2n) is 7.63. The van der Waals surface area contributed by atoms with Crippen molar-refractivity contribution in [3.63, 3.8) is 0 Å². The number of amides is 1. The summed E-state index contributed by atoms with van der Waals surface area (Å²) in [5, 5.41) is 13.3. The molecule has 5 nitrogen and oxygen atoms in total. The normalized spacial score (nSPS) is 29.5. The number of hydrogen-bond acceptors (Lipinski definition) is 3. The van der Waals surface area contributed by atoms with Gasteiger partial charge in [0, 0.05) is 16.6 Å². The Labute approximate surface area is 139 Å². The van der Waals surface area contributed by atoms with Crippen molar-refractivity contribution >= 4 is 22.8 Å². The Morgan fingerprint density at radius 1 is 1.12 bits per heavy atom. The van der Waals surface area contributed by atoms with Gasteiger partial charge in [-0.15, -0.1) is 0 Å². The van der Waals surface area contributed by atoms with Gasteiger partial charge >= 0.3 is 5.97 Å². The Morgan fingerprint density at radius 3 is 2.62 bits per heavy atom. The van der Waals surface area contributed by atoms with Crippen molar-refractivity contribution in [1.29, 1.82) is 0 Å². The average Bonchev–Trinajstić information content (AvgIpc) is 2.93. The molecule has 0 atom stereocenters. The van der Waals surface area contributed by atoms with Crippen LogP contribution in [0.5, 0.6) is 0 Å². The van der Waals surface area contributed by atoms with Gasteiger partial charge in [-0.3, -0.25) is 14.6 Å². The fraction of sp³-hybridized carbons (Fsp3) is 0.421. The molecule has 0 spiro atoms. The third-order valence-corrected chi connectivity index (χ3v) is 6.01. The predicted octanol–water partition coefficient (Wildman–Crippen LogP) is 2.46. The van der Waals surface area contributed by atoms with E-state index in [2.05, 4.69) is 5.32 Å². The number of carboxylic acid groups (broad SMARTS) is 1. The van der Waals surface area contributed by atoms with Crippen LogP contribution in [0.2, 0.25) is 0 Å². The van der Waals surface area contributed by atoms with E-state index in [0.717, 1.165) is 47.0 Å². The largest absolute Gasteiger partial charge is 0.481 e. The van der Waals surface area contributed by atoms with Gasteiger partial charge in [-0.25, -0.2) is 0 Å². The molecule has 1 heterocycles. The highest BCUT2D eigenvalue weighted by Crippen LogP contribution is 2.67. The number of pyridine rings is 1. The van der Waals surface area contributed by atoms with Crippen LogP contribution >= 0.6 is 0 Å². The summed E-state index contributed by atoms with van der Waals surface area (Å²) >= 11 is 0. The molecule has 3 fully saturated rings. The molecule has 0 unspecified atom stereocenters. The molecule has 0 radical (unpaired) electrons. The summed E-state index contributed by atoms with van der Waals surface area (Å²) < 4.78 is 0. The maximum Gasteiger partial charge on any atom is 0.309 e. The lowest BCUT2D eigenvalue weighted by atomic mass is 9.39. The first-order valence-electron chi connectivity index (χ1n) is 8.48. The van der Waals surface area contributed by atoms with Gasteiger partial charge in [0.25, 0.3) is 5.91 Å². The number of carboxylic acids is 1. The highest BCUT2D eigenvalue weighted by Gasteiger charge is 2.72. The molecule has 1 aromatic carbocycles. The topological polar surface area (TPSA) is 79.3 Å². The smallest absolute Gasteiger partial charge is 0.309 e. The summed E-state index contributed by atoms with van der Waals surface area (Å²) in [6.45, 7) is 0. The SMILES string of the molecule is O=C(NC12CC(C(=O)O)(C1)C2)c1c2c(nc3ccccc13)CCC2. The van der Waals surface area contributed by atoms with Crippen molar-refractivity contribution in [1.82, 2.24) is 10.3 Å². The van der Waals surface area contributed by atoms with E-state index >= 15 is 0 Å². The van der Waals surface area contributed by atoms with E-state index in [1.54, 1.807) is 0 Å². The first-order chi connectivity index (χ1) is 11.5. The summed E-state index contributed by atoms with van der Waals surface area (Å²) in [5.74, 6) is -0.792. The van der Waals surface area contributed by atoms with Gasteiger partial charge in [-0.1, -0.05) is 18.2 Å². The van der Waals surface area contributed by atoms with Gasteiger partial charge < -0.3 is 10.4 Å². The molecule has 2 N–H and O–H groups in total. The van der Waals surface area contributed by atoms with E-state index in [4.69, 9.17) is 4.98 Å². The molecule has 5 heteroatoms. The first kappa shape index (κ1) is 14.0. The van der Waals surface area contributed by atoms with E-state index in [1.807, 2.05) is 24.3 Å². The number of hydrogen-bond donors (Lipinski definition) is 2. The van der Waals surface area contributed by atoms with E-state index < -0.39 is 11.4 Å². The van der Waals surface area contributed by atoms with Crippen LogP contribution in [-0.4, -0.2) is 27.5 Å². The Morgan fingerprint density at radius 2 is 1.88 bits per heavy atom. The van der Waals surface area contributed by atoms with Crippen molar-refractivity contribution in [2.24, 2.45) is 5.41 Å². The number of aromatic nitrogens is 1. The number of rotatable bonds is 3. The Bertz CT molecular complexity index is 898. The molecule has 24 heavy (non-hydrogen) atoms. The number of nitrogens with one attached hydrogen (secondary N) is 1.